The lowest BCUT2D eigenvalue weighted by Gasteiger charge is -2.48. The van der Waals surface area contributed by atoms with E-state index >= 15 is 0 Å². The van der Waals surface area contributed by atoms with Crippen LogP contribution in [0.1, 0.15) is 17.2 Å². The lowest BCUT2D eigenvalue weighted by atomic mass is 10.0. The van der Waals surface area contributed by atoms with E-state index in [9.17, 15) is 14.4 Å². The molecule has 2 aliphatic heterocycles. The fourth-order valence-corrected chi connectivity index (χ4v) is 5.81. The number of carbonyl (C=O) groups is 3. The van der Waals surface area contributed by atoms with Crippen LogP contribution in [0.2, 0.25) is 0 Å². The summed E-state index contributed by atoms with van der Waals surface area (Å²) in [5, 5.41) is 1.21. The molecule has 4 rings (SSSR count). The SMILES string of the molecule is COC(=O)/C=C\SC1=C(C(=O)OC(c2ccccc2)c2ccccc2)N2C(=O)[C@@H](N)[C@@H]2SC1. The molecule has 2 aromatic carbocycles. The molecule has 0 bridgehead atoms. The molecule has 9 heteroatoms. The Morgan fingerprint density at radius 2 is 1.73 bits per heavy atom. The van der Waals surface area contributed by atoms with Gasteiger partial charge in [0.05, 0.1) is 7.11 Å². The molecule has 2 aromatic rings. The van der Waals surface area contributed by atoms with Gasteiger partial charge in [-0.25, -0.2) is 9.59 Å². The van der Waals surface area contributed by atoms with E-state index in [4.69, 9.17) is 10.5 Å². The van der Waals surface area contributed by atoms with Crippen LogP contribution in [-0.4, -0.2) is 47.0 Å². The first-order chi connectivity index (χ1) is 16.0. The van der Waals surface area contributed by atoms with Crippen molar-refractivity contribution in [3.63, 3.8) is 0 Å². The zero-order valence-electron chi connectivity index (χ0n) is 17.7. The Bertz CT molecular complexity index is 1060. The number of nitrogens with zero attached hydrogens (tertiary/aromatic N) is 1. The van der Waals surface area contributed by atoms with Gasteiger partial charge in [-0.15, -0.1) is 11.8 Å². The molecule has 1 saturated heterocycles. The highest BCUT2D eigenvalue weighted by atomic mass is 32.2. The lowest BCUT2D eigenvalue weighted by Crippen LogP contribution is -2.68. The second-order valence-electron chi connectivity index (χ2n) is 7.26. The van der Waals surface area contributed by atoms with Gasteiger partial charge in [0.25, 0.3) is 0 Å². The van der Waals surface area contributed by atoms with E-state index in [-0.39, 0.29) is 17.0 Å². The van der Waals surface area contributed by atoms with E-state index in [1.54, 1.807) is 0 Å². The topological polar surface area (TPSA) is 98.9 Å². The number of benzene rings is 2. The van der Waals surface area contributed by atoms with Crippen molar-refractivity contribution >= 4 is 41.4 Å². The Morgan fingerprint density at radius 3 is 2.30 bits per heavy atom. The molecule has 0 aromatic heterocycles. The zero-order chi connectivity index (χ0) is 23.4. The minimum atomic E-state index is -0.658. The van der Waals surface area contributed by atoms with E-state index in [2.05, 4.69) is 4.74 Å². The average molecular weight is 483 g/mol. The molecular weight excluding hydrogens is 460 g/mol. The minimum Gasteiger partial charge on any atom is -0.466 e. The highest BCUT2D eigenvalue weighted by Gasteiger charge is 2.52. The zero-order valence-corrected chi connectivity index (χ0v) is 19.4. The smallest absolute Gasteiger partial charge is 0.356 e. The van der Waals surface area contributed by atoms with Crippen LogP contribution in [0.5, 0.6) is 0 Å². The van der Waals surface area contributed by atoms with E-state index < -0.39 is 24.1 Å². The summed E-state index contributed by atoms with van der Waals surface area (Å²) in [6.07, 6.45) is 0.611. The monoisotopic (exact) mass is 482 g/mol. The molecule has 0 aliphatic carbocycles. The second kappa shape index (κ2) is 10.3. The molecular formula is C24H22N2O5S2. The third-order valence-corrected chi connectivity index (χ3v) is 7.59. The number of fused-ring (bicyclic) bond motifs is 1. The van der Waals surface area contributed by atoms with Crippen molar-refractivity contribution in [2.75, 3.05) is 12.9 Å². The Balaban J connectivity index is 1.67. The number of esters is 2. The van der Waals surface area contributed by atoms with Gasteiger partial charge in [0, 0.05) is 16.7 Å². The van der Waals surface area contributed by atoms with Crippen LogP contribution in [0.15, 0.2) is 82.7 Å². The first-order valence-electron chi connectivity index (χ1n) is 10.2. The molecule has 2 N–H and O–H groups in total. The van der Waals surface area contributed by atoms with Crippen LogP contribution >= 0.6 is 23.5 Å². The molecule has 33 heavy (non-hydrogen) atoms. The Kier molecular flexibility index (Phi) is 7.22. The second-order valence-corrected chi connectivity index (χ2v) is 9.36. The van der Waals surface area contributed by atoms with Crippen molar-refractivity contribution in [1.29, 1.82) is 0 Å². The van der Waals surface area contributed by atoms with Gasteiger partial charge < -0.3 is 15.2 Å². The van der Waals surface area contributed by atoms with Gasteiger partial charge >= 0.3 is 11.9 Å². The van der Waals surface area contributed by atoms with Crippen LogP contribution in [-0.2, 0) is 23.9 Å². The fraction of sp³-hybridized carbons (Fsp3) is 0.208. The number of thioether (sulfide) groups is 2. The number of rotatable bonds is 7. The van der Waals surface area contributed by atoms with Crippen molar-refractivity contribution < 1.29 is 23.9 Å². The Labute approximate surface area is 200 Å². The number of hydrogen-bond donors (Lipinski definition) is 1. The molecule has 2 atom stereocenters. The van der Waals surface area contributed by atoms with Crippen molar-refractivity contribution in [2.24, 2.45) is 5.73 Å². The summed E-state index contributed by atoms with van der Waals surface area (Å²) < 4.78 is 10.6. The van der Waals surface area contributed by atoms with Gasteiger partial charge in [0.1, 0.15) is 17.1 Å². The number of methoxy groups -OCH3 is 1. The maximum absolute atomic E-state index is 13.5. The maximum Gasteiger partial charge on any atom is 0.356 e. The number of nitrogens with two attached hydrogens (primary N) is 1. The van der Waals surface area contributed by atoms with Gasteiger partial charge in [0.2, 0.25) is 5.91 Å². The van der Waals surface area contributed by atoms with Crippen molar-refractivity contribution in [2.45, 2.75) is 17.5 Å². The highest BCUT2D eigenvalue weighted by molar-refractivity contribution is 8.08. The largest absolute Gasteiger partial charge is 0.466 e. The van der Waals surface area contributed by atoms with Gasteiger partial charge in [-0.1, -0.05) is 72.4 Å². The summed E-state index contributed by atoms with van der Waals surface area (Å²) in [5.41, 5.74) is 7.75. The summed E-state index contributed by atoms with van der Waals surface area (Å²) in [6, 6.07) is 18.2. The molecule has 0 unspecified atom stereocenters. The van der Waals surface area contributed by atoms with Crippen molar-refractivity contribution in [3.8, 4) is 0 Å². The van der Waals surface area contributed by atoms with Crippen molar-refractivity contribution in [3.05, 3.63) is 93.9 Å². The predicted octanol–water partition coefficient (Wildman–Crippen LogP) is 3.19. The van der Waals surface area contributed by atoms with E-state index in [1.807, 2.05) is 60.7 Å². The standard InChI is InChI=1S/C24H22N2O5S2/c1-30-18(27)12-13-32-17-14-33-23-19(25)22(28)26(23)20(17)24(29)31-21(15-8-4-2-5-9-15)16-10-6-3-7-11-16/h2-13,19,21,23H,14,25H2,1H3/b13-12-/t19-,23+/m1/s1. The first-order valence-corrected chi connectivity index (χ1v) is 12.1. The molecule has 1 fully saturated rings. The van der Waals surface area contributed by atoms with Gasteiger partial charge in [0.15, 0.2) is 6.10 Å². The molecule has 2 aliphatic rings. The van der Waals surface area contributed by atoms with Crippen LogP contribution in [0, 0.1) is 0 Å². The van der Waals surface area contributed by atoms with Gasteiger partial charge in [-0.3, -0.25) is 9.69 Å². The average Bonchev–Trinajstić information content (AvgIpc) is 2.87. The molecule has 0 saturated carbocycles. The van der Waals surface area contributed by atoms with Crippen LogP contribution in [0.25, 0.3) is 0 Å². The molecule has 7 nitrogen and oxygen atoms in total. The Hall–Kier alpha value is -3.01. The molecule has 0 spiro atoms. The van der Waals surface area contributed by atoms with Crippen molar-refractivity contribution in [1.82, 2.24) is 4.90 Å². The number of β-lactam (4-membered cyclic amide) rings is 1. The number of ether oxygens (including phenoxy) is 2. The summed E-state index contributed by atoms with van der Waals surface area (Å²) >= 11 is 2.65. The third-order valence-electron chi connectivity index (χ3n) is 5.21. The van der Waals surface area contributed by atoms with E-state index in [0.29, 0.717) is 10.7 Å². The van der Waals surface area contributed by atoms with Crippen LogP contribution < -0.4 is 5.73 Å². The fourth-order valence-electron chi connectivity index (χ4n) is 3.55. The third kappa shape index (κ3) is 4.85. The minimum absolute atomic E-state index is 0.168. The summed E-state index contributed by atoms with van der Waals surface area (Å²) in [5.74, 6) is -0.995. The summed E-state index contributed by atoms with van der Waals surface area (Å²) in [4.78, 5) is 39.5. The maximum atomic E-state index is 13.5. The molecule has 170 valence electrons. The van der Waals surface area contributed by atoms with Crippen LogP contribution in [0.4, 0.5) is 0 Å². The first kappa shape index (κ1) is 23.2. The highest BCUT2D eigenvalue weighted by Crippen LogP contribution is 2.44. The van der Waals surface area contributed by atoms with E-state index in [0.717, 1.165) is 11.1 Å². The summed E-state index contributed by atoms with van der Waals surface area (Å²) in [6.45, 7) is 0. The van der Waals surface area contributed by atoms with Gasteiger partial charge in [-0.05, 0) is 16.5 Å². The molecule has 1 amide bonds. The normalized spacial score (nSPS) is 20.0. The lowest BCUT2D eigenvalue weighted by molar-refractivity contribution is -0.152. The van der Waals surface area contributed by atoms with Crippen LogP contribution in [0.3, 0.4) is 0 Å². The Morgan fingerprint density at radius 1 is 1.12 bits per heavy atom. The number of carbonyl (C=O) groups excluding carboxylic acids is 3. The molecule has 0 radical (unpaired) electrons. The predicted molar refractivity (Wildman–Crippen MR) is 128 cm³/mol. The van der Waals surface area contributed by atoms with Gasteiger partial charge in [-0.2, -0.15) is 0 Å². The summed E-state index contributed by atoms with van der Waals surface area (Å²) in [7, 11) is 1.29. The number of amides is 1. The van der Waals surface area contributed by atoms with E-state index in [1.165, 1.54) is 47.0 Å². The molecule has 2 heterocycles. The number of hydrogen-bond acceptors (Lipinski definition) is 8. The quantitative estimate of drug-likeness (QED) is 0.365.